The van der Waals surface area contributed by atoms with Crippen LogP contribution in [0.15, 0.2) is 239 Å². The Morgan fingerprint density at radius 2 is 0.682 bits per heavy atom. The Morgan fingerprint density at radius 1 is 0.227 bits per heavy atom. The molecule has 0 N–H and O–H groups in total. The van der Waals surface area contributed by atoms with Gasteiger partial charge in [0.1, 0.15) is 22.3 Å². The molecule has 0 aliphatic heterocycles. The highest BCUT2D eigenvalue weighted by Crippen LogP contribution is 2.50. The molecule has 0 atom stereocenters. The van der Waals surface area contributed by atoms with Gasteiger partial charge in [0.05, 0.1) is 0 Å². The molecule has 14 aromatic rings. The minimum absolute atomic E-state index is 0.871. The summed E-state index contributed by atoms with van der Waals surface area (Å²) in [6.07, 6.45) is 0. The average Bonchev–Trinajstić information content (AvgIpc) is 3.97. The van der Waals surface area contributed by atoms with Crippen LogP contribution in [0.2, 0.25) is 0 Å². The normalized spacial score (nSPS) is 11.9. The second-order valence-electron chi connectivity index (χ2n) is 17.4. The lowest BCUT2D eigenvalue weighted by molar-refractivity contribution is 0.669. The van der Waals surface area contributed by atoms with Gasteiger partial charge < -0.3 is 8.83 Å². The van der Waals surface area contributed by atoms with Gasteiger partial charge in [0.15, 0.2) is 0 Å². The van der Waals surface area contributed by atoms with Gasteiger partial charge in [-0.05, 0) is 130 Å². The second-order valence-corrected chi connectivity index (χ2v) is 17.4. The Hall–Kier alpha value is -8.72. The van der Waals surface area contributed by atoms with Crippen molar-refractivity contribution in [3.05, 3.63) is 231 Å². The predicted octanol–water partition coefficient (Wildman–Crippen LogP) is 18.4. The first-order chi connectivity index (χ1) is 32.7. The molecule has 0 amide bonds. The van der Waals surface area contributed by atoms with Crippen molar-refractivity contribution in [3.8, 4) is 55.6 Å². The van der Waals surface area contributed by atoms with Crippen molar-refractivity contribution < 1.29 is 8.83 Å². The summed E-state index contributed by atoms with van der Waals surface area (Å²) in [5, 5.41) is 14.0. The van der Waals surface area contributed by atoms with E-state index in [0.29, 0.717) is 0 Å². The minimum atomic E-state index is 0.871. The lowest BCUT2D eigenvalue weighted by Crippen LogP contribution is -1.93. The monoisotopic (exact) mass is 838 g/mol. The zero-order chi connectivity index (χ0) is 43.3. The molecule has 0 unspecified atom stereocenters. The molecule has 0 saturated carbocycles. The fourth-order valence-corrected chi connectivity index (χ4v) is 11.0. The minimum Gasteiger partial charge on any atom is -0.456 e. The van der Waals surface area contributed by atoms with Crippen molar-refractivity contribution in [1.29, 1.82) is 0 Å². The second kappa shape index (κ2) is 14.4. The van der Waals surface area contributed by atoms with E-state index >= 15 is 0 Å². The first-order valence-electron chi connectivity index (χ1n) is 22.7. The van der Waals surface area contributed by atoms with Crippen LogP contribution < -0.4 is 0 Å². The van der Waals surface area contributed by atoms with E-state index in [4.69, 9.17) is 8.83 Å². The maximum Gasteiger partial charge on any atom is 0.143 e. The summed E-state index contributed by atoms with van der Waals surface area (Å²) >= 11 is 0. The summed E-state index contributed by atoms with van der Waals surface area (Å²) < 4.78 is 13.4. The van der Waals surface area contributed by atoms with Crippen LogP contribution >= 0.6 is 0 Å². The maximum atomic E-state index is 6.96. The summed E-state index contributed by atoms with van der Waals surface area (Å²) in [7, 11) is 0. The molecule has 306 valence electrons. The van der Waals surface area contributed by atoms with Crippen LogP contribution in [0.5, 0.6) is 0 Å². The van der Waals surface area contributed by atoms with Crippen LogP contribution in [0.25, 0.3) is 143 Å². The number of fused-ring (bicyclic) bond motifs is 12. The van der Waals surface area contributed by atoms with Gasteiger partial charge in [0.2, 0.25) is 0 Å². The van der Waals surface area contributed by atoms with E-state index in [0.717, 1.165) is 65.8 Å². The van der Waals surface area contributed by atoms with Crippen LogP contribution in [-0.4, -0.2) is 0 Å². The van der Waals surface area contributed by atoms with E-state index in [1.54, 1.807) is 0 Å². The molecule has 0 radical (unpaired) electrons. The Morgan fingerprint density at radius 3 is 1.29 bits per heavy atom. The molecular formula is C64H38O2. The number of furan rings is 2. The summed E-state index contributed by atoms with van der Waals surface area (Å²) in [6.45, 7) is 0. The zero-order valence-electron chi connectivity index (χ0n) is 35.8. The third-order valence-corrected chi connectivity index (χ3v) is 13.8. The topological polar surface area (TPSA) is 26.3 Å². The molecule has 0 aliphatic carbocycles. The van der Waals surface area contributed by atoms with Crippen LogP contribution in [0, 0.1) is 0 Å². The van der Waals surface area contributed by atoms with Gasteiger partial charge in [-0.15, -0.1) is 0 Å². The van der Waals surface area contributed by atoms with Crippen LogP contribution in [0.1, 0.15) is 0 Å². The molecule has 0 saturated heterocycles. The molecule has 2 nitrogen and oxygen atoms in total. The molecule has 0 fully saturated rings. The predicted molar refractivity (Wildman–Crippen MR) is 278 cm³/mol. The van der Waals surface area contributed by atoms with E-state index < -0.39 is 0 Å². The van der Waals surface area contributed by atoms with Gasteiger partial charge in [0.25, 0.3) is 0 Å². The SMILES string of the molecule is c1ccc(-c2cc(-c3ccccc3)cc(-c3c4ccccc4c(-c4ccc(-c5cc6ccc7oc8ccccc8c7c6c6c5oc5ccccc56)c5ccccc45)c4ccccc34)c2)cc1. The van der Waals surface area contributed by atoms with Gasteiger partial charge in [-0.3, -0.25) is 0 Å². The molecule has 2 aromatic heterocycles. The van der Waals surface area contributed by atoms with Crippen molar-refractivity contribution in [2.24, 2.45) is 0 Å². The highest BCUT2D eigenvalue weighted by molar-refractivity contribution is 6.33. The van der Waals surface area contributed by atoms with Crippen molar-refractivity contribution in [2.75, 3.05) is 0 Å². The van der Waals surface area contributed by atoms with Gasteiger partial charge >= 0.3 is 0 Å². The lowest BCUT2D eigenvalue weighted by atomic mass is 9.82. The van der Waals surface area contributed by atoms with Crippen LogP contribution in [0.3, 0.4) is 0 Å². The van der Waals surface area contributed by atoms with E-state index in [1.807, 2.05) is 6.07 Å². The van der Waals surface area contributed by atoms with E-state index in [2.05, 4.69) is 224 Å². The number of para-hydroxylation sites is 2. The molecule has 14 rings (SSSR count). The van der Waals surface area contributed by atoms with Crippen molar-refractivity contribution in [1.82, 2.24) is 0 Å². The molecule has 0 spiro atoms. The Balaban J connectivity index is 1.03. The largest absolute Gasteiger partial charge is 0.456 e. The summed E-state index contributed by atoms with van der Waals surface area (Å²) in [5.74, 6) is 0. The fraction of sp³-hybridized carbons (Fsp3) is 0. The van der Waals surface area contributed by atoms with Crippen molar-refractivity contribution in [3.63, 3.8) is 0 Å². The van der Waals surface area contributed by atoms with E-state index in [9.17, 15) is 0 Å². The van der Waals surface area contributed by atoms with Crippen molar-refractivity contribution >= 4 is 87.0 Å². The van der Waals surface area contributed by atoms with Gasteiger partial charge in [0, 0.05) is 32.5 Å². The molecule has 0 aliphatic rings. The quantitative estimate of drug-likeness (QED) is 0.161. The van der Waals surface area contributed by atoms with Crippen LogP contribution in [-0.2, 0) is 0 Å². The fourth-order valence-electron chi connectivity index (χ4n) is 11.0. The van der Waals surface area contributed by atoms with Crippen LogP contribution in [0.4, 0.5) is 0 Å². The lowest BCUT2D eigenvalue weighted by Gasteiger charge is -2.20. The Kier molecular flexibility index (Phi) is 8.02. The van der Waals surface area contributed by atoms with E-state index in [-0.39, 0.29) is 0 Å². The Labute approximate surface area is 380 Å². The maximum absolute atomic E-state index is 6.96. The van der Waals surface area contributed by atoms with Gasteiger partial charge in [-0.2, -0.15) is 0 Å². The molecular weight excluding hydrogens is 801 g/mol. The number of hydrogen-bond acceptors (Lipinski definition) is 2. The number of hydrogen-bond donors (Lipinski definition) is 0. The first kappa shape index (κ1) is 36.7. The number of benzene rings is 12. The Bertz CT molecular complexity index is 4150. The van der Waals surface area contributed by atoms with Gasteiger partial charge in [-0.1, -0.05) is 188 Å². The third kappa shape index (κ3) is 5.49. The number of rotatable bonds is 5. The zero-order valence-corrected chi connectivity index (χ0v) is 35.8. The highest BCUT2D eigenvalue weighted by Gasteiger charge is 2.24. The molecule has 2 heteroatoms. The third-order valence-electron chi connectivity index (χ3n) is 13.8. The summed E-state index contributed by atoms with van der Waals surface area (Å²) in [5.41, 5.74) is 15.4. The van der Waals surface area contributed by atoms with Gasteiger partial charge in [-0.25, -0.2) is 0 Å². The smallest absolute Gasteiger partial charge is 0.143 e. The molecule has 2 heterocycles. The van der Waals surface area contributed by atoms with E-state index in [1.165, 1.54) is 76.8 Å². The average molecular weight is 839 g/mol. The molecule has 66 heavy (non-hydrogen) atoms. The highest BCUT2D eigenvalue weighted by atomic mass is 16.3. The van der Waals surface area contributed by atoms with Crippen molar-refractivity contribution in [2.45, 2.75) is 0 Å². The summed E-state index contributed by atoms with van der Waals surface area (Å²) in [6, 6.07) is 83.6. The molecule has 0 bridgehead atoms. The molecule has 12 aromatic carbocycles. The summed E-state index contributed by atoms with van der Waals surface area (Å²) in [4.78, 5) is 0. The standard InChI is InChI=1S/C64H38O2/c1-3-17-39(18-4-1)42-35-43(40-19-5-2-6-20-40)37-44(36-42)59-48-23-9-11-25-50(48)61(51-26-12-10-24-49(51)59)52-33-32-47(45-21-7-8-22-46(45)52)55-38-41-31-34-58-62(53-27-13-15-29-56(53)65-58)60(41)63-54-28-14-16-30-57(54)66-64(55)63/h1-38H. The first-order valence-corrected chi connectivity index (χ1v) is 22.7.